The van der Waals surface area contributed by atoms with E-state index in [1.807, 2.05) is 47.1 Å². The molecule has 2 aliphatic rings. The van der Waals surface area contributed by atoms with Crippen LogP contribution in [0.25, 0.3) is 0 Å². The minimum atomic E-state index is -0.322. The molecule has 0 N–H and O–H groups in total. The van der Waals surface area contributed by atoms with Gasteiger partial charge in [0.1, 0.15) is 11.5 Å². The number of likely N-dealkylation sites (N-methyl/N-ethyl adjacent to an activating group) is 1. The topological polar surface area (TPSA) is 62.3 Å². The molecular formula is C29H38ClN3O4. The number of carbonyl (C=O) groups is 2. The molecule has 0 bridgehead atoms. The van der Waals surface area contributed by atoms with E-state index in [0.717, 1.165) is 61.6 Å². The maximum absolute atomic E-state index is 13.3. The highest BCUT2D eigenvalue weighted by molar-refractivity contribution is 6.30. The van der Waals surface area contributed by atoms with Crippen LogP contribution in [0.1, 0.15) is 30.4 Å². The lowest BCUT2D eigenvalue weighted by Crippen LogP contribution is -2.51. The first-order chi connectivity index (χ1) is 17.8. The van der Waals surface area contributed by atoms with Crippen molar-refractivity contribution in [3.8, 4) is 11.5 Å². The molecule has 0 unspecified atom stereocenters. The average molecular weight is 528 g/mol. The number of piperazine rings is 1. The second-order valence-corrected chi connectivity index (χ2v) is 10.9. The van der Waals surface area contributed by atoms with Gasteiger partial charge >= 0.3 is 0 Å². The van der Waals surface area contributed by atoms with Crippen molar-refractivity contribution < 1.29 is 19.1 Å². The molecule has 2 heterocycles. The lowest BCUT2D eigenvalue weighted by atomic mass is 9.75. The molecular weight excluding hydrogens is 490 g/mol. The highest BCUT2D eigenvalue weighted by Gasteiger charge is 2.40. The van der Waals surface area contributed by atoms with E-state index < -0.39 is 0 Å². The molecule has 200 valence electrons. The predicted octanol–water partition coefficient (Wildman–Crippen LogP) is 4.05. The van der Waals surface area contributed by atoms with Crippen molar-refractivity contribution in [2.24, 2.45) is 5.41 Å². The Bertz CT molecular complexity index is 1080. The minimum Gasteiger partial charge on any atom is -0.496 e. The number of piperidine rings is 1. The van der Waals surface area contributed by atoms with Crippen LogP contribution in [0.4, 0.5) is 0 Å². The van der Waals surface area contributed by atoms with Gasteiger partial charge in [-0.15, -0.1) is 0 Å². The van der Waals surface area contributed by atoms with E-state index >= 15 is 0 Å². The van der Waals surface area contributed by atoms with Crippen LogP contribution < -0.4 is 9.47 Å². The van der Waals surface area contributed by atoms with Gasteiger partial charge in [0.15, 0.2) is 0 Å². The fourth-order valence-electron chi connectivity index (χ4n) is 5.18. The fraction of sp³-hybridized carbons (Fsp3) is 0.517. The summed E-state index contributed by atoms with van der Waals surface area (Å²) in [6.45, 7) is 6.96. The number of amides is 2. The van der Waals surface area contributed by atoms with Gasteiger partial charge < -0.3 is 24.2 Å². The lowest BCUT2D eigenvalue weighted by Gasteiger charge is -2.43. The van der Waals surface area contributed by atoms with Gasteiger partial charge in [0.05, 0.1) is 20.1 Å². The van der Waals surface area contributed by atoms with Crippen molar-refractivity contribution in [3.63, 3.8) is 0 Å². The third kappa shape index (κ3) is 7.17. The first kappa shape index (κ1) is 27.3. The Balaban J connectivity index is 1.42. The number of halogens is 1. The fourth-order valence-corrected chi connectivity index (χ4v) is 5.30. The maximum Gasteiger partial charge on any atom is 0.227 e. The zero-order chi connectivity index (χ0) is 26.4. The summed E-state index contributed by atoms with van der Waals surface area (Å²) in [5.41, 5.74) is 1.68. The van der Waals surface area contributed by atoms with Gasteiger partial charge in [0.2, 0.25) is 11.8 Å². The van der Waals surface area contributed by atoms with E-state index in [-0.39, 0.29) is 17.2 Å². The van der Waals surface area contributed by atoms with E-state index in [1.54, 1.807) is 19.2 Å². The standard InChI is InChI=1S/C29H38ClN3O4/c1-22-4-9-26(36-3)23(18-22)19-27(34)32-12-10-29(11-13-32,21-37-25-7-5-24(30)6-8-25)20-28(35)33-16-14-31(2)15-17-33/h4-9,18H,10-17,19-21H2,1-3H3. The Hall–Kier alpha value is -2.77. The van der Waals surface area contributed by atoms with Gasteiger partial charge in [-0.2, -0.15) is 0 Å². The third-order valence-electron chi connectivity index (χ3n) is 7.70. The van der Waals surface area contributed by atoms with E-state index in [9.17, 15) is 9.59 Å². The number of likely N-dealkylation sites (tertiary alicyclic amines) is 1. The maximum atomic E-state index is 13.3. The number of ether oxygens (including phenoxy) is 2. The Kier molecular flexibility index (Phi) is 8.98. The van der Waals surface area contributed by atoms with Gasteiger partial charge in [0.25, 0.3) is 0 Å². The molecule has 2 saturated heterocycles. The van der Waals surface area contributed by atoms with Crippen LogP contribution in [0, 0.1) is 12.3 Å². The van der Waals surface area contributed by atoms with Crippen molar-refractivity contribution in [1.29, 1.82) is 0 Å². The summed E-state index contributed by atoms with van der Waals surface area (Å²) < 4.78 is 11.7. The van der Waals surface area contributed by atoms with E-state index in [2.05, 4.69) is 11.9 Å². The zero-order valence-electron chi connectivity index (χ0n) is 22.2. The molecule has 0 atom stereocenters. The van der Waals surface area contributed by atoms with Crippen molar-refractivity contribution in [2.45, 2.75) is 32.6 Å². The molecule has 0 aromatic heterocycles. The summed E-state index contributed by atoms with van der Waals surface area (Å²) in [4.78, 5) is 32.7. The predicted molar refractivity (Wildman–Crippen MR) is 145 cm³/mol. The van der Waals surface area contributed by atoms with Crippen LogP contribution in [-0.2, 0) is 16.0 Å². The first-order valence-corrected chi connectivity index (χ1v) is 13.4. The number of methoxy groups -OCH3 is 1. The van der Waals surface area contributed by atoms with E-state index in [4.69, 9.17) is 21.1 Å². The molecule has 0 spiro atoms. The Morgan fingerprint density at radius 2 is 1.57 bits per heavy atom. The highest BCUT2D eigenvalue weighted by Crippen LogP contribution is 2.37. The second kappa shape index (κ2) is 12.2. The van der Waals surface area contributed by atoms with Gasteiger partial charge in [-0.25, -0.2) is 0 Å². The number of carbonyl (C=O) groups excluding carboxylic acids is 2. The molecule has 2 amide bonds. The molecule has 0 saturated carbocycles. The molecule has 2 aromatic carbocycles. The molecule has 7 nitrogen and oxygen atoms in total. The van der Waals surface area contributed by atoms with Crippen molar-refractivity contribution in [3.05, 3.63) is 58.6 Å². The van der Waals surface area contributed by atoms with Crippen molar-refractivity contribution in [1.82, 2.24) is 14.7 Å². The molecule has 4 rings (SSSR count). The van der Waals surface area contributed by atoms with Crippen molar-refractivity contribution >= 4 is 23.4 Å². The Morgan fingerprint density at radius 3 is 2.22 bits per heavy atom. The van der Waals surface area contributed by atoms with Crippen molar-refractivity contribution in [2.75, 3.05) is 60.0 Å². The third-order valence-corrected chi connectivity index (χ3v) is 7.95. The molecule has 0 radical (unpaired) electrons. The van der Waals surface area contributed by atoms with Crippen LogP contribution in [-0.4, -0.2) is 86.5 Å². The summed E-state index contributed by atoms with van der Waals surface area (Å²) in [5.74, 6) is 1.74. The zero-order valence-corrected chi connectivity index (χ0v) is 22.9. The Labute approximate surface area is 225 Å². The molecule has 2 aliphatic heterocycles. The summed E-state index contributed by atoms with van der Waals surface area (Å²) >= 11 is 6.03. The van der Waals surface area contributed by atoms with Crippen LogP contribution in [0.3, 0.4) is 0 Å². The van der Waals surface area contributed by atoms with Crippen LogP contribution >= 0.6 is 11.6 Å². The smallest absolute Gasteiger partial charge is 0.227 e. The molecule has 2 fully saturated rings. The van der Waals surface area contributed by atoms with Gasteiger partial charge in [-0.3, -0.25) is 9.59 Å². The summed E-state index contributed by atoms with van der Waals surface area (Å²) in [5, 5.41) is 0.657. The summed E-state index contributed by atoms with van der Waals surface area (Å²) in [6.07, 6.45) is 2.17. The first-order valence-electron chi connectivity index (χ1n) is 13.0. The van der Waals surface area contributed by atoms with Gasteiger partial charge in [0, 0.05) is 61.7 Å². The lowest BCUT2D eigenvalue weighted by molar-refractivity contribution is -0.138. The highest BCUT2D eigenvalue weighted by atomic mass is 35.5. The van der Waals surface area contributed by atoms with Crippen LogP contribution in [0.2, 0.25) is 5.02 Å². The monoisotopic (exact) mass is 527 g/mol. The molecule has 37 heavy (non-hydrogen) atoms. The second-order valence-electron chi connectivity index (χ2n) is 10.5. The normalized spacial score (nSPS) is 17.9. The van der Waals surface area contributed by atoms with Gasteiger partial charge in [-0.05, 0) is 57.1 Å². The number of rotatable bonds is 8. The number of hydrogen-bond acceptors (Lipinski definition) is 5. The average Bonchev–Trinajstić information content (AvgIpc) is 2.89. The minimum absolute atomic E-state index is 0.0847. The summed E-state index contributed by atoms with van der Waals surface area (Å²) in [7, 11) is 3.72. The SMILES string of the molecule is COc1ccc(C)cc1CC(=O)N1CCC(COc2ccc(Cl)cc2)(CC(=O)N2CCN(C)CC2)CC1. The summed E-state index contributed by atoms with van der Waals surface area (Å²) in [6, 6.07) is 13.2. The largest absolute Gasteiger partial charge is 0.496 e. The molecule has 8 heteroatoms. The van der Waals surface area contributed by atoms with Crippen LogP contribution in [0.15, 0.2) is 42.5 Å². The Morgan fingerprint density at radius 1 is 0.919 bits per heavy atom. The number of aryl methyl sites for hydroxylation is 1. The number of nitrogens with zero attached hydrogens (tertiary/aromatic N) is 3. The van der Waals surface area contributed by atoms with Gasteiger partial charge in [-0.1, -0.05) is 29.3 Å². The molecule has 2 aromatic rings. The van der Waals surface area contributed by atoms with E-state index in [0.29, 0.717) is 37.6 Å². The quantitative estimate of drug-likeness (QED) is 0.518. The van der Waals surface area contributed by atoms with E-state index in [1.165, 1.54) is 0 Å². The number of benzene rings is 2. The number of hydrogen-bond donors (Lipinski definition) is 0. The molecule has 0 aliphatic carbocycles. The van der Waals surface area contributed by atoms with Crippen LogP contribution in [0.5, 0.6) is 11.5 Å².